The van der Waals surface area contributed by atoms with Crippen molar-refractivity contribution in [3.8, 4) is 0 Å². The maximum Gasteiger partial charge on any atom is 0.251 e. The van der Waals surface area contributed by atoms with Gasteiger partial charge in [0.15, 0.2) is 11.0 Å². The summed E-state index contributed by atoms with van der Waals surface area (Å²) < 4.78 is 14.4. The minimum absolute atomic E-state index is 0.193. The first-order valence-electron chi connectivity index (χ1n) is 9.48. The maximum absolute atomic E-state index is 13.1. The minimum atomic E-state index is -1.62. The molecule has 150 valence electrons. The number of fused-ring (bicyclic) bond motifs is 1. The molecule has 0 aromatic heterocycles. The van der Waals surface area contributed by atoms with Crippen LogP contribution in [-0.4, -0.2) is 22.9 Å². The summed E-state index contributed by atoms with van der Waals surface area (Å²) in [7, 11) is 0.0600. The number of ketones is 1. The Morgan fingerprint density at radius 1 is 1.00 bits per heavy atom. The van der Waals surface area contributed by atoms with Crippen molar-refractivity contribution in [2.45, 2.75) is 6.54 Å². The first-order valence-corrected chi connectivity index (χ1v) is 10.6. The van der Waals surface area contributed by atoms with Crippen LogP contribution in [0.15, 0.2) is 83.8 Å². The van der Waals surface area contributed by atoms with Crippen LogP contribution in [0.3, 0.4) is 0 Å². The Morgan fingerprint density at radius 3 is 2.37 bits per heavy atom. The summed E-state index contributed by atoms with van der Waals surface area (Å²) >= 11 is 0. The highest BCUT2D eigenvalue weighted by Gasteiger charge is 2.32. The summed E-state index contributed by atoms with van der Waals surface area (Å²) in [5.74, 6) is -0.597. The Morgan fingerprint density at radius 2 is 1.67 bits per heavy atom. The van der Waals surface area contributed by atoms with Crippen molar-refractivity contribution < 1.29 is 13.8 Å². The molecule has 0 saturated carbocycles. The Bertz CT molecular complexity index is 1160. The summed E-state index contributed by atoms with van der Waals surface area (Å²) in [5.41, 5.74) is 3.08. The zero-order valence-corrected chi connectivity index (χ0v) is 17.2. The molecule has 0 radical (unpaired) electrons. The molecule has 0 aliphatic carbocycles. The van der Waals surface area contributed by atoms with Gasteiger partial charge in [-0.25, -0.2) is 4.21 Å². The van der Waals surface area contributed by atoms with E-state index in [4.69, 9.17) is 0 Å². The van der Waals surface area contributed by atoms with Crippen LogP contribution < -0.4 is 9.62 Å². The number of carbonyl (C=O) groups is 2. The van der Waals surface area contributed by atoms with Crippen LogP contribution in [0.5, 0.6) is 0 Å². The molecule has 30 heavy (non-hydrogen) atoms. The topological polar surface area (TPSA) is 66.5 Å². The fourth-order valence-electron chi connectivity index (χ4n) is 3.28. The van der Waals surface area contributed by atoms with Crippen molar-refractivity contribution in [3.05, 3.63) is 106 Å². The lowest BCUT2D eigenvalue weighted by Crippen LogP contribution is -2.32. The van der Waals surface area contributed by atoms with Gasteiger partial charge in [0, 0.05) is 24.7 Å². The number of allylic oxidation sites excluding steroid dienone is 1. The Labute approximate surface area is 177 Å². The second-order valence-electron chi connectivity index (χ2n) is 6.90. The highest BCUT2D eigenvalue weighted by atomic mass is 32.2. The summed E-state index contributed by atoms with van der Waals surface area (Å²) in [6.45, 7) is 0.397. The van der Waals surface area contributed by atoms with Crippen molar-refractivity contribution in [2.75, 3.05) is 11.4 Å². The highest BCUT2D eigenvalue weighted by molar-refractivity contribution is 7.91. The summed E-state index contributed by atoms with van der Waals surface area (Å²) in [6, 6.07) is 23.8. The average Bonchev–Trinajstić information content (AvgIpc) is 2.80. The van der Waals surface area contributed by atoms with Gasteiger partial charge in [-0.1, -0.05) is 60.7 Å². The summed E-state index contributed by atoms with van der Waals surface area (Å²) in [5, 5.41) is 2.87. The number of amides is 1. The van der Waals surface area contributed by atoms with Gasteiger partial charge >= 0.3 is 0 Å². The number of hydrogen-bond donors (Lipinski definition) is 1. The fraction of sp³-hybridized carbons (Fsp3) is 0.0833. The van der Waals surface area contributed by atoms with Crippen LogP contribution in [0.2, 0.25) is 0 Å². The second-order valence-corrected chi connectivity index (χ2v) is 8.38. The maximum atomic E-state index is 13.1. The molecule has 0 saturated heterocycles. The van der Waals surface area contributed by atoms with E-state index < -0.39 is 11.0 Å². The molecule has 6 heteroatoms. The molecule has 1 aliphatic heterocycles. The van der Waals surface area contributed by atoms with Gasteiger partial charge in [0.2, 0.25) is 5.78 Å². The highest BCUT2D eigenvalue weighted by Crippen LogP contribution is 2.33. The van der Waals surface area contributed by atoms with Crippen molar-refractivity contribution in [2.24, 2.45) is 0 Å². The van der Waals surface area contributed by atoms with Gasteiger partial charge < -0.3 is 5.32 Å². The van der Waals surface area contributed by atoms with Crippen molar-refractivity contribution >= 4 is 34.4 Å². The van der Waals surface area contributed by atoms with Gasteiger partial charge in [0.05, 0.1) is 5.69 Å². The van der Waals surface area contributed by atoms with Gasteiger partial charge in [-0.15, -0.1) is 0 Å². The van der Waals surface area contributed by atoms with Crippen molar-refractivity contribution in [3.63, 3.8) is 0 Å². The lowest BCUT2D eigenvalue weighted by atomic mass is 10.0. The quantitative estimate of drug-likeness (QED) is 0.655. The van der Waals surface area contributed by atoms with E-state index in [1.54, 1.807) is 35.6 Å². The third-order valence-corrected chi connectivity index (χ3v) is 6.27. The molecule has 0 fully saturated rings. The predicted molar refractivity (Wildman–Crippen MR) is 119 cm³/mol. The zero-order valence-electron chi connectivity index (χ0n) is 16.4. The molecular formula is C24H20N2O3S. The molecule has 0 bridgehead atoms. The van der Waals surface area contributed by atoms with Crippen LogP contribution in [-0.2, 0) is 17.5 Å². The van der Waals surface area contributed by atoms with E-state index in [9.17, 15) is 13.8 Å². The molecule has 3 aromatic rings. The number of anilines is 1. The van der Waals surface area contributed by atoms with E-state index in [2.05, 4.69) is 5.32 Å². The van der Waals surface area contributed by atoms with Crippen LogP contribution in [0.25, 0.3) is 6.08 Å². The van der Waals surface area contributed by atoms with Crippen LogP contribution in [0, 0.1) is 0 Å². The molecule has 1 unspecified atom stereocenters. The summed E-state index contributed by atoms with van der Waals surface area (Å²) in [6.07, 6.45) is 1.64. The zero-order chi connectivity index (χ0) is 21.1. The molecule has 0 spiro atoms. The lowest BCUT2D eigenvalue weighted by molar-refractivity contribution is 0.0951. The van der Waals surface area contributed by atoms with E-state index in [0.717, 1.165) is 11.1 Å². The Balaban J connectivity index is 1.63. The molecule has 1 N–H and O–H groups in total. The summed E-state index contributed by atoms with van der Waals surface area (Å²) in [4.78, 5) is 25.9. The van der Waals surface area contributed by atoms with E-state index in [0.29, 0.717) is 23.4 Å². The van der Waals surface area contributed by atoms with Gasteiger partial charge in [-0.2, -0.15) is 0 Å². The van der Waals surface area contributed by atoms with Crippen LogP contribution in [0.4, 0.5) is 5.69 Å². The van der Waals surface area contributed by atoms with Crippen molar-refractivity contribution in [1.29, 1.82) is 0 Å². The lowest BCUT2D eigenvalue weighted by Gasteiger charge is -2.27. The fourth-order valence-corrected chi connectivity index (χ4v) is 4.42. The minimum Gasteiger partial charge on any atom is -0.348 e. The normalized spacial score (nSPS) is 17.0. The molecule has 5 nitrogen and oxygen atoms in total. The molecule has 4 rings (SSSR count). The second kappa shape index (κ2) is 8.47. The SMILES string of the molecule is CN1c2ccc(C(=O)NCc3ccccc3)cc2C(=O)/C(=C/c2ccccc2)S1=O. The number of benzene rings is 3. The monoisotopic (exact) mass is 416 g/mol. The first kappa shape index (κ1) is 19.8. The van der Waals surface area contributed by atoms with E-state index >= 15 is 0 Å². The molecular weight excluding hydrogens is 396 g/mol. The van der Waals surface area contributed by atoms with Crippen molar-refractivity contribution in [1.82, 2.24) is 5.32 Å². The number of hydrogen-bond acceptors (Lipinski definition) is 3. The Kier molecular flexibility index (Phi) is 5.59. The molecule has 3 aromatic carbocycles. The first-order chi connectivity index (χ1) is 14.5. The average molecular weight is 417 g/mol. The van der Waals surface area contributed by atoms with Gasteiger partial charge in [0.25, 0.3) is 5.91 Å². The number of nitrogens with one attached hydrogen (secondary N) is 1. The smallest absolute Gasteiger partial charge is 0.251 e. The largest absolute Gasteiger partial charge is 0.348 e. The Hall–Kier alpha value is -3.51. The number of nitrogens with zero attached hydrogens (tertiary/aromatic N) is 1. The molecule has 1 heterocycles. The predicted octanol–water partition coefficient (Wildman–Crippen LogP) is 3.95. The number of rotatable bonds is 4. The molecule has 1 amide bonds. The molecule has 1 atom stereocenters. The van der Waals surface area contributed by atoms with E-state index in [-0.39, 0.29) is 16.6 Å². The van der Waals surface area contributed by atoms with Gasteiger partial charge in [-0.3, -0.25) is 13.9 Å². The standard InChI is InChI=1S/C24H20N2O3S/c1-26-21-13-12-19(24(28)25-16-18-10-6-3-7-11-18)15-20(21)23(27)22(30(26)29)14-17-8-4-2-5-9-17/h2-15H,16H2,1H3,(H,25,28)/b22-14-. The molecule has 1 aliphatic rings. The number of Topliss-reactive ketones (excluding diaryl/α,β-unsaturated/α-hetero) is 1. The van der Waals surface area contributed by atoms with Gasteiger partial charge in [-0.05, 0) is 35.4 Å². The van der Waals surface area contributed by atoms with Gasteiger partial charge in [0.1, 0.15) is 4.91 Å². The van der Waals surface area contributed by atoms with Crippen LogP contribution in [0.1, 0.15) is 31.8 Å². The van der Waals surface area contributed by atoms with Crippen LogP contribution >= 0.6 is 0 Å². The number of carbonyl (C=O) groups excluding carboxylic acids is 2. The van der Waals surface area contributed by atoms with E-state index in [1.807, 2.05) is 60.7 Å². The van der Waals surface area contributed by atoms with E-state index in [1.165, 1.54) is 0 Å². The third kappa shape index (κ3) is 3.95. The third-order valence-electron chi connectivity index (χ3n) is 4.90.